The second-order valence-corrected chi connectivity index (χ2v) is 10.4. The lowest BCUT2D eigenvalue weighted by atomic mass is 9.87. The third kappa shape index (κ3) is 5.44. The molecule has 2 fully saturated rings. The Morgan fingerprint density at radius 3 is 2.31 bits per heavy atom. The smallest absolute Gasteiger partial charge is 0.147 e. The Labute approximate surface area is 194 Å². The Morgan fingerprint density at radius 1 is 0.969 bits per heavy atom. The molecule has 6 heteroatoms. The summed E-state index contributed by atoms with van der Waals surface area (Å²) in [5, 5.41) is 10.1. The van der Waals surface area contributed by atoms with E-state index < -0.39 is 0 Å². The van der Waals surface area contributed by atoms with E-state index in [1.165, 1.54) is 50.0 Å². The molecule has 1 aromatic rings. The number of piperazine rings is 1. The molecule has 1 aromatic heterocycles. The zero-order valence-corrected chi connectivity index (χ0v) is 20.5. The number of nitriles is 1. The van der Waals surface area contributed by atoms with Crippen molar-refractivity contribution in [2.45, 2.75) is 77.9 Å². The van der Waals surface area contributed by atoms with Crippen molar-refractivity contribution >= 4 is 5.82 Å². The molecule has 0 bridgehead atoms. The normalized spacial score (nSPS) is 21.9. The van der Waals surface area contributed by atoms with Gasteiger partial charge in [0, 0.05) is 56.9 Å². The first-order chi connectivity index (χ1) is 15.5. The average molecular weight is 440 g/mol. The van der Waals surface area contributed by atoms with Gasteiger partial charge in [0.2, 0.25) is 0 Å². The summed E-state index contributed by atoms with van der Waals surface area (Å²) >= 11 is 0. The van der Waals surface area contributed by atoms with E-state index in [2.05, 4.69) is 41.5 Å². The predicted octanol–water partition coefficient (Wildman–Crippen LogP) is 3.76. The topological polar surface area (TPSA) is 55.6 Å². The van der Waals surface area contributed by atoms with Crippen molar-refractivity contribution < 1.29 is 4.74 Å². The van der Waals surface area contributed by atoms with Crippen molar-refractivity contribution in [1.29, 1.82) is 5.26 Å². The summed E-state index contributed by atoms with van der Waals surface area (Å²) in [5.41, 5.74) is 4.08. The molecule has 3 aliphatic heterocycles. The van der Waals surface area contributed by atoms with E-state index in [0.29, 0.717) is 6.61 Å². The Morgan fingerprint density at radius 2 is 1.66 bits per heavy atom. The molecule has 0 spiro atoms. The van der Waals surface area contributed by atoms with Gasteiger partial charge in [-0.25, -0.2) is 4.98 Å². The van der Waals surface area contributed by atoms with Crippen molar-refractivity contribution in [1.82, 2.24) is 14.8 Å². The number of unbranched alkanes of at least 4 members (excludes halogenated alkanes) is 1. The molecule has 2 saturated heterocycles. The van der Waals surface area contributed by atoms with Crippen molar-refractivity contribution in [3.05, 3.63) is 22.4 Å². The zero-order valence-electron chi connectivity index (χ0n) is 20.5. The van der Waals surface area contributed by atoms with Gasteiger partial charge in [-0.2, -0.15) is 5.26 Å². The number of hydrogen-bond acceptors (Lipinski definition) is 6. The fourth-order valence-corrected chi connectivity index (χ4v) is 5.37. The largest absolute Gasteiger partial charge is 0.370 e. The molecule has 3 aliphatic rings. The molecule has 4 heterocycles. The van der Waals surface area contributed by atoms with Crippen LogP contribution in [-0.2, 0) is 24.2 Å². The van der Waals surface area contributed by atoms with Crippen molar-refractivity contribution in [2.75, 3.05) is 57.3 Å². The number of nitrogens with zero attached hydrogens (tertiary/aromatic N) is 5. The maximum absolute atomic E-state index is 10.1. The highest BCUT2D eigenvalue weighted by Gasteiger charge is 2.33. The summed E-state index contributed by atoms with van der Waals surface area (Å²) in [7, 11) is 0. The monoisotopic (exact) mass is 439 g/mol. The van der Waals surface area contributed by atoms with Crippen LogP contribution >= 0.6 is 0 Å². The Balaban J connectivity index is 1.48. The first kappa shape index (κ1) is 23.5. The molecule has 176 valence electrons. The second-order valence-electron chi connectivity index (χ2n) is 10.4. The average Bonchev–Trinajstić information content (AvgIpc) is 2.81. The molecular weight excluding hydrogens is 398 g/mol. The molecule has 0 atom stereocenters. The summed E-state index contributed by atoms with van der Waals surface area (Å²) < 4.78 is 6.11. The molecule has 0 radical (unpaired) electrons. The Hall–Kier alpha value is -1.68. The quantitative estimate of drug-likeness (QED) is 0.645. The van der Waals surface area contributed by atoms with Crippen LogP contribution in [0.4, 0.5) is 5.82 Å². The number of pyridine rings is 1. The van der Waals surface area contributed by atoms with E-state index in [-0.39, 0.29) is 5.60 Å². The molecule has 0 unspecified atom stereocenters. The zero-order chi connectivity index (χ0) is 22.6. The SMILES string of the molecule is CCCCc1nc(N2CCN(CCN3CCCCC3)CC2)c(C#N)c2c1COC(C)(C)C2. The summed E-state index contributed by atoms with van der Waals surface area (Å²) in [5.74, 6) is 0.922. The highest BCUT2D eigenvalue weighted by atomic mass is 16.5. The first-order valence-corrected chi connectivity index (χ1v) is 12.8. The van der Waals surface area contributed by atoms with Crippen LogP contribution in [-0.4, -0.2) is 72.7 Å². The van der Waals surface area contributed by atoms with Gasteiger partial charge in [0.25, 0.3) is 0 Å². The Bertz CT molecular complexity index is 816. The molecule has 6 nitrogen and oxygen atoms in total. The summed E-state index contributed by atoms with van der Waals surface area (Å²) in [6.07, 6.45) is 8.14. The van der Waals surface area contributed by atoms with E-state index in [4.69, 9.17) is 9.72 Å². The van der Waals surface area contributed by atoms with Crippen LogP contribution in [0.3, 0.4) is 0 Å². The number of fused-ring (bicyclic) bond motifs is 1. The molecule has 0 aliphatic carbocycles. The molecule has 0 saturated carbocycles. The van der Waals surface area contributed by atoms with E-state index in [9.17, 15) is 5.26 Å². The minimum Gasteiger partial charge on any atom is -0.370 e. The van der Waals surface area contributed by atoms with Crippen LogP contribution in [0.2, 0.25) is 0 Å². The maximum Gasteiger partial charge on any atom is 0.147 e. The minimum atomic E-state index is -0.230. The van der Waals surface area contributed by atoms with E-state index in [1.807, 2.05) is 0 Å². The van der Waals surface area contributed by atoms with Gasteiger partial charge in [0.05, 0.1) is 17.8 Å². The summed E-state index contributed by atoms with van der Waals surface area (Å²) in [6, 6.07) is 2.54. The molecule has 0 N–H and O–H groups in total. The summed E-state index contributed by atoms with van der Waals surface area (Å²) in [4.78, 5) is 12.7. The van der Waals surface area contributed by atoms with Crippen molar-refractivity contribution in [3.63, 3.8) is 0 Å². The number of aryl methyl sites for hydroxylation is 1. The van der Waals surface area contributed by atoms with E-state index in [1.54, 1.807) is 0 Å². The molecule has 32 heavy (non-hydrogen) atoms. The van der Waals surface area contributed by atoms with Crippen LogP contribution in [0.15, 0.2) is 0 Å². The van der Waals surface area contributed by atoms with Crippen molar-refractivity contribution in [2.24, 2.45) is 0 Å². The van der Waals surface area contributed by atoms with Gasteiger partial charge in [-0.05, 0) is 58.2 Å². The van der Waals surface area contributed by atoms with Gasteiger partial charge in [-0.3, -0.25) is 4.90 Å². The van der Waals surface area contributed by atoms with Gasteiger partial charge < -0.3 is 14.5 Å². The fourth-order valence-electron chi connectivity index (χ4n) is 5.37. The van der Waals surface area contributed by atoms with Crippen LogP contribution in [0, 0.1) is 11.3 Å². The molecule has 0 amide bonds. The van der Waals surface area contributed by atoms with Gasteiger partial charge in [0.15, 0.2) is 0 Å². The number of ether oxygens (including phenoxy) is 1. The predicted molar refractivity (Wildman–Crippen MR) is 129 cm³/mol. The number of anilines is 1. The van der Waals surface area contributed by atoms with Crippen LogP contribution in [0.1, 0.15) is 75.3 Å². The van der Waals surface area contributed by atoms with E-state index in [0.717, 1.165) is 75.5 Å². The van der Waals surface area contributed by atoms with Gasteiger partial charge in [0.1, 0.15) is 11.9 Å². The highest BCUT2D eigenvalue weighted by molar-refractivity contribution is 5.62. The standard InChI is InChI=1S/C26H41N5O/c1-4-5-9-24-23-20-32-26(2,3)18-21(23)22(19-27)25(28-24)31-16-14-30(15-17-31)13-12-29-10-7-6-8-11-29/h4-18,20H2,1-3H3. The minimum absolute atomic E-state index is 0.230. The van der Waals surface area contributed by atoms with Crippen molar-refractivity contribution in [3.8, 4) is 6.07 Å². The number of piperidine rings is 1. The van der Waals surface area contributed by atoms with E-state index >= 15 is 0 Å². The Kier molecular flexibility index (Phi) is 7.70. The third-order valence-electron chi connectivity index (χ3n) is 7.42. The van der Waals surface area contributed by atoms with Crippen LogP contribution in [0.25, 0.3) is 0 Å². The number of aromatic nitrogens is 1. The lowest BCUT2D eigenvalue weighted by Crippen LogP contribution is -2.49. The second kappa shape index (κ2) is 10.5. The number of likely N-dealkylation sites (tertiary alicyclic amines) is 1. The number of hydrogen-bond donors (Lipinski definition) is 0. The summed E-state index contributed by atoms with van der Waals surface area (Å²) in [6.45, 7) is 16.0. The highest BCUT2D eigenvalue weighted by Crippen LogP contribution is 2.36. The molecule has 0 aromatic carbocycles. The van der Waals surface area contributed by atoms with Crippen LogP contribution < -0.4 is 4.90 Å². The lowest BCUT2D eigenvalue weighted by molar-refractivity contribution is -0.0407. The van der Waals surface area contributed by atoms with Gasteiger partial charge >= 0.3 is 0 Å². The first-order valence-electron chi connectivity index (χ1n) is 12.8. The van der Waals surface area contributed by atoms with Gasteiger partial charge in [-0.1, -0.05) is 19.8 Å². The molecular formula is C26H41N5O. The number of rotatable bonds is 7. The molecule has 4 rings (SSSR count). The van der Waals surface area contributed by atoms with Crippen LogP contribution in [0.5, 0.6) is 0 Å². The third-order valence-corrected chi connectivity index (χ3v) is 7.42. The fraction of sp³-hybridized carbons (Fsp3) is 0.769. The maximum atomic E-state index is 10.1. The van der Waals surface area contributed by atoms with Gasteiger partial charge in [-0.15, -0.1) is 0 Å². The lowest BCUT2D eigenvalue weighted by Gasteiger charge is -2.39.